The number of benzene rings is 1. The van der Waals surface area contributed by atoms with Crippen molar-refractivity contribution in [3.8, 4) is 0 Å². The predicted molar refractivity (Wildman–Crippen MR) is 102 cm³/mol. The van der Waals surface area contributed by atoms with Crippen LogP contribution in [-0.4, -0.2) is 17.1 Å². The number of nitrogens with zero attached hydrogens (tertiary/aromatic N) is 1. The minimum absolute atomic E-state index is 0.184. The van der Waals surface area contributed by atoms with Gasteiger partial charge in [-0.2, -0.15) is 0 Å². The topological polar surface area (TPSA) is 66.0 Å². The first-order valence-corrected chi connectivity index (χ1v) is 9.09. The average Bonchev–Trinajstić information content (AvgIpc) is 2.63. The van der Waals surface area contributed by atoms with Crippen molar-refractivity contribution in [1.82, 2.24) is 10.3 Å². The van der Waals surface area contributed by atoms with Crippen LogP contribution < -0.4 is 16.0 Å². The minimum Gasteiger partial charge on any atom is -0.380 e. The molecule has 0 unspecified atom stereocenters. The first-order chi connectivity index (χ1) is 12.2. The van der Waals surface area contributed by atoms with Crippen molar-refractivity contribution in [2.24, 2.45) is 0 Å². The second kappa shape index (κ2) is 8.72. The molecule has 2 aromatic rings. The zero-order valence-corrected chi connectivity index (χ0v) is 14.9. The molecule has 6 heteroatoms. The van der Waals surface area contributed by atoms with E-state index < -0.39 is 0 Å². The number of halogens is 1. The highest BCUT2D eigenvalue weighted by molar-refractivity contribution is 6.31. The molecule has 2 amide bonds. The summed E-state index contributed by atoms with van der Waals surface area (Å²) in [6.07, 6.45) is 7.47. The maximum atomic E-state index is 12.0. The zero-order chi connectivity index (χ0) is 17.5. The molecule has 1 saturated carbocycles. The van der Waals surface area contributed by atoms with Gasteiger partial charge in [0.25, 0.3) is 0 Å². The lowest BCUT2D eigenvalue weighted by Gasteiger charge is -2.22. The van der Waals surface area contributed by atoms with Gasteiger partial charge < -0.3 is 10.6 Å². The Morgan fingerprint density at radius 1 is 1.12 bits per heavy atom. The van der Waals surface area contributed by atoms with Crippen LogP contribution in [0.25, 0.3) is 0 Å². The van der Waals surface area contributed by atoms with E-state index in [9.17, 15) is 4.79 Å². The van der Waals surface area contributed by atoms with Crippen LogP contribution in [0.15, 0.2) is 42.6 Å². The molecule has 1 aromatic heterocycles. The summed E-state index contributed by atoms with van der Waals surface area (Å²) in [5.74, 6) is 0.539. The van der Waals surface area contributed by atoms with E-state index in [0.29, 0.717) is 12.4 Å². The van der Waals surface area contributed by atoms with Crippen LogP contribution in [0.3, 0.4) is 0 Å². The predicted octanol–water partition coefficient (Wildman–Crippen LogP) is 4.80. The quantitative estimate of drug-likeness (QED) is 0.719. The van der Waals surface area contributed by atoms with Crippen molar-refractivity contribution >= 4 is 29.1 Å². The molecule has 0 aliphatic heterocycles. The summed E-state index contributed by atoms with van der Waals surface area (Å²) < 4.78 is 0. The van der Waals surface area contributed by atoms with Crippen LogP contribution in [0.5, 0.6) is 0 Å². The number of pyridine rings is 1. The molecule has 132 valence electrons. The summed E-state index contributed by atoms with van der Waals surface area (Å²) in [4.78, 5) is 16.3. The van der Waals surface area contributed by atoms with Crippen LogP contribution in [0, 0.1) is 0 Å². The van der Waals surface area contributed by atoms with Gasteiger partial charge in [0.1, 0.15) is 5.82 Å². The Kier molecular flexibility index (Phi) is 6.12. The fourth-order valence-corrected chi connectivity index (χ4v) is 3.20. The Morgan fingerprint density at radius 3 is 2.64 bits per heavy atom. The molecule has 1 aliphatic carbocycles. The SMILES string of the molecule is O=C(Nc1ccc(NCc2ccccc2Cl)cn1)NC1CCCCC1. The Morgan fingerprint density at radius 2 is 1.92 bits per heavy atom. The van der Waals surface area contributed by atoms with Gasteiger partial charge in [0.05, 0.1) is 11.9 Å². The highest BCUT2D eigenvalue weighted by atomic mass is 35.5. The van der Waals surface area contributed by atoms with Crippen molar-refractivity contribution < 1.29 is 4.79 Å². The molecule has 0 radical (unpaired) electrons. The summed E-state index contributed by atoms with van der Waals surface area (Å²) in [7, 11) is 0. The molecule has 1 heterocycles. The van der Waals surface area contributed by atoms with Gasteiger partial charge in [0.2, 0.25) is 0 Å². The third kappa shape index (κ3) is 5.36. The van der Waals surface area contributed by atoms with E-state index in [1.54, 1.807) is 12.3 Å². The third-order valence-corrected chi connectivity index (χ3v) is 4.76. The summed E-state index contributed by atoms with van der Waals surface area (Å²) in [5, 5.41) is 9.81. The monoisotopic (exact) mass is 358 g/mol. The largest absolute Gasteiger partial charge is 0.380 e. The van der Waals surface area contributed by atoms with Crippen molar-refractivity contribution in [2.45, 2.75) is 44.7 Å². The number of hydrogen-bond acceptors (Lipinski definition) is 3. The number of hydrogen-bond donors (Lipinski definition) is 3. The molecule has 3 N–H and O–H groups in total. The van der Waals surface area contributed by atoms with Gasteiger partial charge in [-0.25, -0.2) is 9.78 Å². The van der Waals surface area contributed by atoms with Gasteiger partial charge in [-0.15, -0.1) is 0 Å². The highest BCUT2D eigenvalue weighted by Gasteiger charge is 2.15. The molecule has 0 bridgehead atoms. The molecule has 3 rings (SSSR count). The van der Waals surface area contributed by atoms with E-state index in [-0.39, 0.29) is 12.1 Å². The van der Waals surface area contributed by atoms with E-state index in [2.05, 4.69) is 20.9 Å². The second-order valence-electron chi connectivity index (χ2n) is 6.31. The van der Waals surface area contributed by atoms with Crippen LogP contribution in [0.2, 0.25) is 5.02 Å². The van der Waals surface area contributed by atoms with E-state index in [1.807, 2.05) is 30.3 Å². The smallest absolute Gasteiger partial charge is 0.320 e. The van der Waals surface area contributed by atoms with Crippen molar-refractivity contribution in [1.29, 1.82) is 0 Å². The molecular weight excluding hydrogens is 336 g/mol. The fraction of sp³-hybridized carbons (Fsp3) is 0.368. The summed E-state index contributed by atoms with van der Waals surface area (Å²) in [5.41, 5.74) is 1.90. The fourth-order valence-electron chi connectivity index (χ4n) is 3.00. The molecule has 1 fully saturated rings. The van der Waals surface area contributed by atoms with E-state index in [4.69, 9.17) is 11.6 Å². The molecule has 5 nitrogen and oxygen atoms in total. The summed E-state index contributed by atoms with van der Waals surface area (Å²) in [6, 6.07) is 11.5. The first-order valence-electron chi connectivity index (χ1n) is 8.71. The lowest BCUT2D eigenvalue weighted by molar-refractivity contribution is 0.244. The van der Waals surface area contributed by atoms with Gasteiger partial charge in [-0.05, 0) is 36.6 Å². The highest BCUT2D eigenvalue weighted by Crippen LogP contribution is 2.18. The number of urea groups is 1. The van der Waals surface area contributed by atoms with Crippen molar-refractivity contribution in [3.05, 3.63) is 53.2 Å². The van der Waals surface area contributed by atoms with Crippen LogP contribution in [-0.2, 0) is 6.54 Å². The number of amides is 2. The molecular formula is C19H23ClN4O. The number of anilines is 2. The lowest BCUT2D eigenvalue weighted by atomic mass is 9.96. The maximum Gasteiger partial charge on any atom is 0.320 e. The Bertz CT molecular complexity index is 699. The summed E-state index contributed by atoms with van der Waals surface area (Å²) in [6.45, 7) is 0.621. The Balaban J connectivity index is 1.48. The molecule has 1 aliphatic rings. The van der Waals surface area contributed by atoms with E-state index in [1.165, 1.54) is 19.3 Å². The van der Waals surface area contributed by atoms with Crippen LogP contribution in [0.1, 0.15) is 37.7 Å². The molecule has 1 aromatic carbocycles. The van der Waals surface area contributed by atoms with Crippen molar-refractivity contribution in [3.63, 3.8) is 0 Å². The van der Waals surface area contributed by atoms with E-state index in [0.717, 1.165) is 29.1 Å². The number of nitrogens with one attached hydrogen (secondary N) is 3. The van der Waals surface area contributed by atoms with Gasteiger partial charge >= 0.3 is 6.03 Å². The molecule has 0 saturated heterocycles. The van der Waals surface area contributed by atoms with Gasteiger partial charge in [0, 0.05) is 17.6 Å². The minimum atomic E-state index is -0.184. The lowest BCUT2D eigenvalue weighted by Crippen LogP contribution is -2.39. The molecule has 0 atom stereocenters. The third-order valence-electron chi connectivity index (χ3n) is 4.39. The van der Waals surface area contributed by atoms with Crippen LogP contribution in [0.4, 0.5) is 16.3 Å². The zero-order valence-electron chi connectivity index (χ0n) is 14.1. The second-order valence-corrected chi connectivity index (χ2v) is 6.72. The number of aromatic nitrogens is 1. The Hall–Kier alpha value is -2.27. The van der Waals surface area contributed by atoms with Gasteiger partial charge in [-0.1, -0.05) is 49.1 Å². The first kappa shape index (κ1) is 17.5. The number of carbonyl (C=O) groups is 1. The van der Waals surface area contributed by atoms with Crippen LogP contribution >= 0.6 is 11.6 Å². The van der Waals surface area contributed by atoms with Crippen molar-refractivity contribution in [2.75, 3.05) is 10.6 Å². The van der Waals surface area contributed by atoms with E-state index >= 15 is 0 Å². The number of rotatable bonds is 5. The summed E-state index contributed by atoms with van der Waals surface area (Å²) >= 11 is 6.14. The average molecular weight is 359 g/mol. The number of carbonyl (C=O) groups excluding carboxylic acids is 1. The van der Waals surface area contributed by atoms with Gasteiger partial charge in [-0.3, -0.25) is 5.32 Å². The standard InChI is InChI=1S/C19H23ClN4O/c20-17-9-5-4-6-14(17)12-21-16-10-11-18(22-13-16)24-19(25)23-15-7-2-1-3-8-15/h4-6,9-11,13,15,21H,1-3,7-8,12H2,(H2,22,23,24,25). The molecule has 0 spiro atoms. The maximum absolute atomic E-state index is 12.0. The normalized spacial score (nSPS) is 14.8. The Labute approximate surface area is 153 Å². The van der Waals surface area contributed by atoms with Gasteiger partial charge in [0.15, 0.2) is 0 Å². The molecule has 25 heavy (non-hydrogen) atoms.